The molecule has 0 N–H and O–H groups in total. The number of Topliss-reactive ketones (excluding diaryl/α,β-unsaturated/α-hetero) is 1. The molecule has 3 nitrogen and oxygen atoms in total. The number of rotatable bonds is 2. The van der Waals surface area contributed by atoms with E-state index in [2.05, 4.69) is 5.16 Å². The van der Waals surface area contributed by atoms with Crippen LogP contribution in [-0.2, 0) is 0 Å². The number of nitrogens with zero attached hydrogens (tertiary/aromatic N) is 1. The molecule has 0 atom stereocenters. The number of hydrogen-bond acceptors (Lipinski definition) is 3. The molecule has 0 unspecified atom stereocenters. The number of carbonyl (C=O) groups is 1. The van der Waals surface area contributed by atoms with Gasteiger partial charge in [-0.25, -0.2) is 4.39 Å². The van der Waals surface area contributed by atoms with E-state index in [1.807, 2.05) is 0 Å². The predicted molar refractivity (Wildman–Crippen MR) is 61.4 cm³/mol. The van der Waals surface area contributed by atoms with Crippen molar-refractivity contribution in [1.29, 1.82) is 0 Å². The van der Waals surface area contributed by atoms with Crippen LogP contribution in [0.3, 0.4) is 0 Å². The molecular weight excluding hydrogens is 221 g/mol. The van der Waals surface area contributed by atoms with Gasteiger partial charge in [0, 0.05) is 5.56 Å². The van der Waals surface area contributed by atoms with Gasteiger partial charge in [-0.3, -0.25) is 4.79 Å². The lowest BCUT2D eigenvalue weighted by Crippen LogP contribution is -1.98. The second-order valence-electron chi connectivity index (χ2n) is 3.95. The Labute approximate surface area is 98.2 Å². The van der Waals surface area contributed by atoms with Gasteiger partial charge in [0.25, 0.3) is 0 Å². The molecule has 1 aromatic carbocycles. The molecule has 0 radical (unpaired) electrons. The van der Waals surface area contributed by atoms with E-state index in [9.17, 15) is 9.18 Å². The average molecular weight is 233 g/mol. The smallest absolute Gasteiger partial charge is 0.165 e. The normalized spacial score (nSPS) is 10.6. The van der Waals surface area contributed by atoms with Crippen LogP contribution in [0.25, 0.3) is 11.3 Å². The van der Waals surface area contributed by atoms with Crippen LogP contribution in [0.15, 0.2) is 22.7 Å². The van der Waals surface area contributed by atoms with Crippen LogP contribution in [0.1, 0.15) is 28.6 Å². The Kier molecular flexibility index (Phi) is 2.79. The van der Waals surface area contributed by atoms with Crippen LogP contribution in [0.4, 0.5) is 4.39 Å². The van der Waals surface area contributed by atoms with Crippen molar-refractivity contribution < 1.29 is 13.7 Å². The number of halogens is 1. The molecule has 0 amide bonds. The fourth-order valence-corrected chi connectivity index (χ4v) is 1.89. The van der Waals surface area contributed by atoms with Crippen molar-refractivity contribution in [2.45, 2.75) is 20.8 Å². The molecule has 4 heteroatoms. The topological polar surface area (TPSA) is 43.1 Å². The second-order valence-corrected chi connectivity index (χ2v) is 3.95. The molecule has 0 saturated carbocycles. The molecule has 0 aliphatic heterocycles. The Morgan fingerprint density at radius 2 is 2.06 bits per heavy atom. The quantitative estimate of drug-likeness (QED) is 0.747. The molecule has 2 rings (SSSR count). The van der Waals surface area contributed by atoms with Crippen LogP contribution < -0.4 is 0 Å². The van der Waals surface area contributed by atoms with E-state index in [4.69, 9.17) is 4.52 Å². The summed E-state index contributed by atoms with van der Waals surface area (Å²) < 4.78 is 18.8. The van der Waals surface area contributed by atoms with Crippen molar-refractivity contribution in [1.82, 2.24) is 5.16 Å². The molecule has 0 bridgehead atoms. The monoisotopic (exact) mass is 233 g/mol. The number of benzene rings is 1. The molecule has 88 valence electrons. The summed E-state index contributed by atoms with van der Waals surface area (Å²) in [5.41, 5.74) is 1.68. The Morgan fingerprint density at radius 3 is 2.65 bits per heavy atom. The molecule has 1 aromatic heterocycles. The molecule has 1 heterocycles. The van der Waals surface area contributed by atoms with Crippen molar-refractivity contribution in [2.75, 3.05) is 0 Å². The van der Waals surface area contributed by atoms with Gasteiger partial charge in [-0.15, -0.1) is 0 Å². The van der Waals surface area contributed by atoms with Crippen molar-refractivity contribution in [3.8, 4) is 11.3 Å². The Balaban J connectivity index is 2.73. The van der Waals surface area contributed by atoms with Gasteiger partial charge in [0.05, 0.1) is 5.56 Å². The summed E-state index contributed by atoms with van der Waals surface area (Å²) in [6.07, 6.45) is 0. The van der Waals surface area contributed by atoms with Gasteiger partial charge in [-0.1, -0.05) is 17.3 Å². The first-order chi connectivity index (χ1) is 8.02. The van der Waals surface area contributed by atoms with Gasteiger partial charge in [0.2, 0.25) is 0 Å². The summed E-state index contributed by atoms with van der Waals surface area (Å²) in [5, 5.41) is 3.79. The first-order valence-electron chi connectivity index (χ1n) is 5.25. The Hall–Kier alpha value is -1.97. The SMILES string of the molecule is CC(=O)c1c(-c2c(C)cccc2F)noc1C. The van der Waals surface area contributed by atoms with Crippen LogP contribution in [0.5, 0.6) is 0 Å². The summed E-state index contributed by atoms with van der Waals surface area (Å²) in [7, 11) is 0. The third-order valence-electron chi connectivity index (χ3n) is 2.67. The highest BCUT2D eigenvalue weighted by molar-refractivity contribution is 6.01. The van der Waals surface area contributed by atoms with Gasteiger partial charge in [0.1, 0.15) is 17.3 Å². The van der Waals surface area contributed by atoms with E-state index in [-0.39, 0.29) is 11.5 Å². The van der Waals surface area contributed by atoms with Crippen LogP contribution >= 0.6 is 0 Å². The number of ketones is 1. The highest BCUT2D eigenvalue weighted by Gasteiger charge is 2.22. The average Bonchev–Trinajstić information content (AvgIpc) is 2.60. The summed E-state index contributed by atoms with van der Waals surface area (Å²) in [5.74, 6) is -0.169. The summed E-state index contributed by atoms with van der Waals surface area (Å²) in [6, 6.07) is 4.73. The first-order valence-corrected chi connectivity index (χ1v) is 5.25. The van der Waals surface area contributed by atoms with Crippen molar-refractivity contribution in [3.05, 3.63) is 40.9 Å². The standard InChI is InChI=1S/C13H12FNO2/c1-7-5-4-6-10(14)11(7)13-12(8(2)16)9(3)17-15-13/h4-6H,1-3H3. The summed E-state index contributed by atoms with van der Waals surface area (Å²) in [6.45, 7) is 4.83. The highest BCUT2D eigenvalue weighted by atomic mass is 19.1. The lowest BCUT2D eigenvalue weighted by atomic mass is 9.99. The van der Waals surface area contributed by atoms with E-state index in [1.165, 1.54) is 13.0 Å². The van der Waals surface area contributed by atoms with Gasteiger partial charge in [-0.2, -0.15) is 0 Å². The zero-order valence-electron chi connectivity index (χ0n) is 9.87. The molecule has 17 heavy (non-hydrogen) atoms. The minimum absolute atomic E-state index is 0.179. The fourth-order valence-electron chi connectivity index (χ4n) is 1.89. The Morgan fingerprint density at radius 1 is 1.35 bits per heavy atom. The number of carbonyl (C=O) groups excluding carboxylic acids is 1. The van der Waals surface area contributed by atoms with Crippen molar-refractivity contribution >= 4 is 5.78 Å². The summed E-state index contributed by atoms with van der Waals surface area (Å²) in [4.78, 5) is 11.5. The van der Waals surface area contributed by atoms with Crippen molar-refractivity contribution in [2.24, 2.45) is 0 Å². The van der Waals surface area contributed by atoms with Gasteiger partial charge >= 0.3 is 0 Å². The van der Waals surface area contributed by atoms with Crippen LogP contribution in [0, 0.1) is 19.7 Å². The number of aromatic nitrogens is 1. The van der Waals surface area contributed by atoms with E-state index in [1.54, 1.807) is 26.0 Å². The van der Waals surface area contributed by atoms with E-state index < -0.39 is 5.82 Å². The van der Waals surface area contributed by atoms with Gasteiger partial charge in [0.15, 0.2) is 5.78 Å². The number of hydrogen-bond donors (Lipinski definition) is 0. The van der Waals surface area contributed by atoms with E-state index in [0.717, 1.165) is 5.56 Å². The minimum atomic E-state index is -0.402. The van der Waals surface area contributed by atoms with Gasteiger partial charge < -0.3 is 4.52 Å². The third-order valence-corrected chi connectivity index (χ3v) is 2.67. The minimum Gasteiger partial charge on any atom is -0.360 e. The maximum Gasteiger partial charge on any atom is 0.165 e. The van der Waals surface area contributed by atoms with E-state index >= 15 is 0 Å². The van der Waals surface area contributed by atoms with Crippen LogP contribution in [0.2, 0.25) is 0 Å². The first kappa shape index (κ1) is 11.5. The zero-order valence-corrected chi connectivity index (χ0v) is 9.87. The lowest BCUT2D eigenvalue weighted by Gasteiger charge is -2.04. The maximum atomic E-state index is 13.8. The lowest BCUT2D eigenvalue weighted by molar-refractivity contribution is 0.101. The molecule has 0 saturated heterocycles. The molecule has 2 aromatic rings. The molecule has 0 aliphatic carbocycles. The van der Waals surface area contributed by atoms with Gasteiger partial charge in [-0.05, 0) is 32.4 Å². The third kappa shape index (κ3) is 1.86. The molecule has 0 aliphatic rings. The van der Waals surface area contributed by atoms with Crippen LogP contribution in [-0.4, -0.2) is 10.9 Å². The summed E-state index contributed by atoms with van der Waals surface area (Å²) >= 11 is 0. The predicted octanol–water partition coefficient (Wildman–Crippen LogP) is 3.30. The van der Waals surface area contributed by atoms with E-state index in [0.29, 0.717) is 16.9 Å². The largest absolute Gasteiger partial charge is 0.360 e. The maximum absolute atomic E-state index is 13.8. The Bertz CT molecular complexity index is 567. The molecule has 0 fully saturated rings. The number of aryl methyl sites for hydroxylation is 2. The molecule has 0 spiro atoms. The fraction of sp³-hybridized carbons (Fsp3) is 0.231. The second kappa shape index (κ2) is 4.13. The highest BCUT2D eigenvalue weighted by Crippen LogP contribution is 2.30. The zero-order chi connectivity index (χ0) is 12.6. The molecular formula is C13H12FNO2. The van der Waals surface area contributed by atoms with Crippen molar-refractivity contribution in [3.63, 3.8) is 0 Å².